The molecule has 3 rings (SSSR count). The van der Waals surface area contributed by atoms with Crippen LogP contribution in [-0.2, 0) is 13.0 Å². The van der Waals surface area contributed by atoms with E-state index >= 15 is 0 Å². The lowest BCUT2D eigenvalue weighted by atomic mass is 10.00. The van der Waals surface area contributed by atoms with Crippen LogP contribution >= 0.6 is 11.3 Å². The van der Waals surface area contributed by atoms with Crippen molar-refractivity contribution in [3.63, 3.8) is 0 Å². The highest BCUT2D eigenvalue weighted by Gasteiger charge is 2.19. The van der Waals surface area contributed by atoms with Gasteiger partial charge in [0, 0.05) is 16.3 Å². The molecule has 22 heavy (non-hydrogen) atoms. The second kappa shape index (κ2) is 5.82. The molecule has 0 bridgehead atoms. The van der Waals surface area contributed by atoms with Crippen molar-refractivity contribution in [3.8, 4) is 0 Å². The minimum Gasteiger partial charge on any atom is -0.383 e. The van der Waals surface area contributed by atoms with Gasteiger partial charge in [-0.2, -0.15) is 0 Å². The molecule has 4 nitrogen and oxygen atoms in total. The normalized spacial score (nSPS) is 13.0. The van der Waals surface area contributed by atoms with Crippen LogP contribution in [0, 0.1) is 13.8 Å². The van der Waals surface area contributed by atoms with Gasteiger partial charge < -0.3 is 5.11 Å². The van der Waals surface area contributed by atoms with Gasteiger partial charge >= 0.3 is 0 Å². The Labute approximate surface area is 134 Å². The maximum absolute atomic E-state index is 10.8. The van der Waals surface area contributed by atoms with E-state index in [1.165, 1.54) is 10.4 Å². The van der Waals surface area contributed by atoms with E-state index in [1.54, 1.807) is 11.3 Å². The second-order valence-corrected chi connectivity index (χ2v) is 6.83. The van der Waals surface area contributed by atoms with Gasteiger partial charge in [0.25, 0.3) is 0 Å². The summed E-state index contributed by atoms with van der Waals surface area (Å²) >= 11 is 1.67. The fourth-order valence-corrected chi connectivity index (χ4v) is 4.02. The lowest BCUT2D eigenvalue weighted by Crippen LogP contribution is -2.01. The summed E-state index contributed by atoms with van der Waals surface area (Å²) < 4.78 is 1.88. The number of aliphatic hydroxyl groups excluding tert-OH is 1. The predicted molar refractivity (Wildman–Crippen MR) is 90.4 cm³/mol. The molecular formula is C17H21N3OS. The molecule has 1 N–H and O–H groups in total. The van der Waals surface area contributed by atoms with Crippen LogP contribution in [0.1, 0.15) is 46.4 Å². The van der Waals surface area contributed by atoms with E-state index in [2.05, 4.69) is 30.2 Å². The molecule has 1 atom stereocenters. The van der Waals surface area contributed by atoms with E-state index in [1.807, 2.05) is 30.7 Å². The lowest BCUT2D eigenvalue weighted by molar-refractivity contribution is 0.223. The number of rotatable bonds is 4. The third kappa shape index (κ3) is 2.34. The fraction of sp³-hybridized carbons (Fsp3) is 0.412. The van der Waals surface area contributed by atoms with Crippen LogP contribution in [0.2, 0.25) is 0 Å². The van der Waals surface area contributed by atoms with Gasteiger partial charge in [0.2, 0.25) is 0 Å². The molecule has 1 aromatic carbocycles. The number of aryl methyl sites for hydroxylation is 4. The van der Waals surface area contributed by atoms with E-state index in [-0.39, 0.29) is 0 Å². The third-order valence-corrected chi connectivity index (χ3v) is 5.41. The number of aliphatic hydroxyl groups is 1. The first-order chi connectivity index (χ1) is 10.6. The van der Waals surface area contributed by atoms with Crippen molar-refractivity contribution in [1.29, 1.82) is 0 Å². The first-order valence-corrected chi connectivity index (χ1v) is 8.48. The van der Waals surface area contributed by atoms with Crippen molar-refractivity contribution < 1.29 is 5.11 Å². The number of benzene rings is 1. The Kier molecular flexibility index (Phi) is 4.02. The zero-order chi connectivity index (χ0) is 15.9. The van der Waals surface area contributed by atoms with Crippen molar-refractivity contribution in [1.82, 2.24) is 15.0 Å². The minimum atomic E-state index is -0.597. The molecule has 2 aromatic heterocycles. The summed E-state index contributed by atoms with van der Waals surface area (Å²) in [5.74, 6) is 0. The van der Waals surface area contributed by atoms with E-state index in [0.29, 0.717) is 0 Å². The van der Waals surface area contributed by atoms with Gasteiger partial charge in [-0.25, -0.2) is 4.68 Å². The van der Waals surface area contributed by atoms with Crippen molar-refractivity contribution >= 4 is 22.4 Å². The Hall–Kier alpha value is -1.72. The highest BCUT2D eigenvalue weighted by atomic mass is 32.1. The van der Waals surface area contributed by atoms with Crippen molar-refractivity contribution in [2.75, 3.05) is 0 Å². The van der Waals surface area contributed by atoms with Gasteiger partial charge in [-0.3, -0.25) is 0 Å². The molecule has 2 heterocycles. The molecule has 5 heteroatoms. The van der Waals surface area contributed by atoms with E-state index < -0.39 is 6.10 Å². The summed E-state index contributed by atoms with van der Waals surface area (Å²) in [7, 11) is 0. The highest BCUT2D eigenvalue weighted by molar-refractivity contribution is 7.12. The van der Waals surface area contributed by atoms with Gasteiger partial charge in [0.15, 0.2) is 0 Å². The van der Waals surface area contributed by atoms with E-state index in [4.69, 9.17) is 0 Å². The zero-order valence-electron chi connectivity index (χ0n) is 13.4. The summed E-state index contributed by atoms with van der Waals surface area (Å²) in [5, 5.41) is 19.2. The quantitative estimate of drug-likeness (QED) is 0.797. The average molecular weight is 315 g/mol. The molecule has 1 unspecified atom stereocenters. The second-order valence-electron chi connectivity index (χ2n) is 5.54. The Bertz CT molecular complexity index is 819. The predicted octanol–water partition coefficient (Wildman–Crippen LogP) is 3.77. The monoisotopic (exact) mass is 315 g/mol. The van der Waals surface area contributed by atoms with Crippen molar-refractivity contribution in [3.05, 3.63) is 44.6 Å². The summed E-state index contributed by atoms with van der Waals surface area (Å²) in [6.45, 7) is 9.11. The van der Waals surface area contributed by atoms with Crippen LogP contribution < -0.4 is 0 Å². The van der Waals surface area contributed by atoms with Gasteiger partial charge in [0.05, 0.1) is 5.52 Å². The Morgan fingerprint density at radius 1 is 1.27 bits per heavy atom. The van der Waals surface area contributed by atoms with Gasteiger partial charge in [-0.1, -0.05) is 18.2 Å². The molecule has 0 amide bonds. The van der Waals surface area contributed by atoms with Crippen LogP contribution in [0.4, 0.5) is 0 Å². The molecule has 0 aliphatic carbocycles. The first kappa shape index (κ1) is 15.2. The number of aromatic nitrogens is 3. The molecule has 0 saturated heterocycles. The van der Waals surface area contributed by atoms with Gasteiger partial charge in [-0.15, -0.1) is 16.4 Å². The molecule has 0 fully saturated rings. The molecule has 0 aliphatic heterocycles. The average Bonchev–Trinajstić information content (AvgIpc) is 3.10. The van der Waals surface area contributed by atoms with Gasteiger partial charge in [-0.05, 0) is 56.0 Å². The number of thiophene rings is 1. The SMILES string of the molecule is CCc1cc(C(O)c2ccc3c(nnn3CC)c2C)sc1C. The molecule has 0 saturated carbocycles. The molecule has 0 spiro atoms. The molecule has 3 aromatic rings. The van der Waals surface area contributed by atoms with Crippen LogP contribution in [0.3, 0.4) is 0 Å². The van der Waals surface area contributed by atoms with Crippen molar-refractivity contribution in [2.45, 2.75) is 46.8 Å². The topological polar surface area (TPSA) is 50.9 Å². The van der Waals surface area contributed by atoms with Crippen LogP contribution in [0.5, 0.6) is 0 Å². The molecule has 116 valence electrons. The number of hydrogen-bond donors (Lipinski definition) is 1. The molecular weight excluding hydrogens is 294 g/mol. The van der Waals surface area contributed by atoms with Crippen molar-refractivity contribution in [2.24, 2.45) is 0 Å². The Balaban J connectivity index is 2.07. The molecule has 0 radical (unpaired) electrons. The van der Waals surface area contributed by atoms with Crippen LogP contribution in [0.15, 0.2) is 18.2 Å². The summed E-state index contributed by atoms with van der Waals surface area (Å²) in [6, 6.07) is 6.13. The third-order valence-electron chi connectivity index (χ3n) is 4.27. The number of fused-ring (bicyclic) bond motifs is 1. The van der Waals surface area contributed by atoms with Crippen LogP contribution in [0.25, 0.3) is 11.0 Å². The minimum absolute atomic E-state index is 0.597. The molecule has 0 aliphatic rings. The highest BCUT2D eigenvalue weighted by Crippen LogP contribution is 2.34. The van der Waals surface area contributed by atoms with Crippen LogP contribution in [-0.4, -0.2) is 20.1 Å². The number of hydrogen-bond acceptors (Lipinski definition) is 4. The summed E-state index contributed by atoms with van der Waals surface area (Å²) in [5.41, 5.74) is 5.14. The largest absolute Gasteiger partial charge is 0.383 e. The lowest BCUT2D eigenvalue weighted by Gasteiger charge is -2.12. The number of nitrogens with zero attached hydrogens (tertiary/aromatic N) is 3. The maximum atomic E-state index is 10.8. The summed E-state index contributed by atoms with van der Waals surface area (Å²) in [4.78, 5) is 2.28. The van der Waals surface area contributed by atoms with E-state index in [9.17, 15) is 5.11 Å². The maximum Gasteiger partial charge on any atom is 0.116 e. The summed E-state index contributed by atoms with van der Waals surface area (Å²) in [6.07, 6.45) is 0.401. The first-order valence-electron chi connectivity index (χ1n) is 7.66. The smallest absolute Gasteiger partial charge is 0.116 e. The Morgan fingerprint density at radius 3 is 2.68 bits per heavy atom. The fourth-order valence-electron chi connectivity index (χ4n) is 2.90. The van der Waals surface area contributed by atoms with E-state index in [0.717, 1.165) is 40.0 Å². The zero-order valence-corrected chi connectivity index (χ0v) is 14.2. The van der Waals surface area contributed by atoms with Gasteiger partial charge in [0.1, 0.15) is 11.6 Å². The Morgan fingerprint density at radius 2 is 2.05 bits per heavy atom. The standard InChI is InChI=1S/C17H21N3OS/c1-5-12-9-15(22-11(12)4)17(21)13-7-8-14-16(10(13)3)18-19-20(14)6-2/h7-9,17,21H,5-6H2,1-4H3.